The molecule has 0 saturated carbocycles. The fraction of sp³-hybridized carbons (Fsp3) is 0.0952. The van der Waals surface area contributed by atoms with E-state index in [1.807, 2.05) is 53.1 Å². The maximum absolute atomic E-state index is 12.9. The SMILES string of the molecule is COc1ccc([C@H](NC(=O)c2ccc3nccn3c2)c2ccncc2)cc1. The fourth-order valence-electron chi connectivity index (χ4n) is 2.98. The summed E-state index contributed by atoms with van der Waals surface area (Å²) in [5.74, 6) is 0.604. The number of carbonyl (C=O) groups is 1. The minimum Gasteiger partial charge on any atom is -0.497 e. The lowest BCUT2D eigenvalue weighted by Gasteiger charge is -2.20. The van der Waals surface area contributed by atoms with Crippen LogP contribution in [0.5, 0.6) is 5.75 Å². The lowest BCUT2D eigenvalue weighted by molar-refractivity contribution is 0.0942. The molecule has 0 unspecified atom stereocenters. The first-order valence-corrected chi connectivity index (χ1v) is 8.52. The van der Waals surface area contributed by atoms with Gasteiger partial charge in [-0.2, -0.15) is 0 Å². The first-order chi connectivity index (χ1) is 13.2. The van der Waals surface area contributed by atoms with Crippen molar-refractivity contribution in [2.24, 2.45) is 0 Å². The number of fused-ring (bicyclic) bond motifs is 1. The highest BCUT2D eigenvalue weighted by atomic mass is 16.5. The van der Waals surface area contributed by atoms with Crippen LogP contribution in [-0.4, -0.2) is 27.4 Å². The van der Waals surface area contributed by atoms with Gasteiger partial charge in [-0.1, -0.05) is 12.1 Å². The highest BCUT2D eigenvalue weighted by Crippen LogP contribution is 2.24. The average molecular weight is 358 g/mol. The molecule has 1 atom stereocenters. The third kappa shape index (κ3) is 3.50. The summed E-state index contributed by atoms with van der Waals surface area (Å²) in [6, 6.07) is 14.7. The van der Waals surface area contributed by atoms with Crippen molar-refractivity contribution in [3.05, 3.63) is 96.2 Å². The number of benzene rings is 1. The van der Waals surface area contributed by atoms with Crippen molar-refractivity contribution in [3.8, 4) is 5.75 Å². The number of rotatable bonds is 5. The second kappa shape index (κ2) is 7.29. The number of methoxy groups -OCH3 is 1. The Balaban J connectivity index is 1.66. The van der Waals surface area contributed by atoms with E-state index in [4.69, 9.17) is 4.74 Å². The van der Waals surface area contributed by atoms with Crippen LogP contribution in [0.3, 0.4) is 0 Å². The average Bonchev–Trinajstić information content (AvgIpc) is 3.20. The van der Waals surface area contributed by atoms with Gasteiger partial charge in [0.15, 0.2) is 0 Å². The van der Waals surface area contributed by atoms with E-state index in [1.165, 1.54) is 0 Å². The van der Waals surface area contributed by atoms with Gasteiger partial charge in [0.1, 0.15) is 11.4 Å². The van der Waals surface area contributed by atoms with Crippen molar-refractivity contribution in [3.63, 3.8) is 0 Å². The van der Waals surface area contributed by atoms with Crippen LogP contribution in [0.2, 0.25) is 0 Å². The molecule has 1 amide bonds. The van der Waals surface area contributed by atoms with E-state index in [-0.39, 0.29) is 11.9 Å². The zero-order valence-corrected chi connectivity index (χ0v) is 14.7. The Morgan fingerprint density at radius 3 is 2.48 bits per heavy atom. The Kier molecular flexibility index (Phi) is 4.53. The normalized spacial score (nSPS) is 11.9. The van der Waals surface area contributed by atoms with E-state index in [2.05, 4.69) is 15.3 Å². The van der Waals surface area contributed by atoms with Gasteiger partial charge < -0.3 is 14.5 Å². The van der Waals surface area contributed by atoms with Crippen molar-refractivity contribution in [2.45, 2.75) is 6.04 Å². The lowest BCUT2D eigenvalue weighted by atomic mass is 9.99. The number of ether oxygens (including phenoxy) is 1. The molecule has 27 heavy (non-hydrogen) atoms. The summed E-state index contributed by atoms with van der Waals surface area (Å²) in [5, 5.41) is 3.12. The fourth-order valence-corrected chi connectivity index (χ4v) is 2.98. The quantitative estimate of drug-likeness (QED) is 0.595. The zero-order valence-electron chi connectivity index (χ0n) is 14.7. The van der Waals surface area contributed by atoms with E-state index < -0.39 is 0 Å². The van der Waals surface area contributed by atoms with Crippen molar-refractivity contribution in [2.75, 3.05) is 7.11 Å². The number of imidazole rings is 1. The predicted octanol–water partition coefficient (Wildman–Crippen LogP) is 3.26. The van der Waals surface area contributed by atoms with E-state index in [1.54, 1.807) is 38.0 Å². The van der Waals surface area contributed by atoms with Gasteiger partial charge in [0.2, 0.25) is 0 Å². The minimum atomic E-state index is -0.301. The molecule has 1 aromatic carbocycles. The predicted molar refractivity (Wildman–Crippen MR) is 102 cm³/mol. The monoisotopic (exact) mass is 358 g/mol. The van der Waals surface area contributed by atoms with Gasteiger partial charge in [-0.25, -0.2) is 4.98 Å². The zero-order chi connectivity index (χ0) is 18.6. The molecule has 4 aromatic rings. The number of hydrogen-bond donors (Lipinski definition) is 1. The van der Waals surface area contributed by atoms with Crippen LogP contribution < -0.4 is 10.1 Å². The molecule has 0 radical (unpaired) electrons. The van der Waals surface area contributed by atoms with Gasteiger partial charge in [-0.05, 0) is 47.5 Å². The topological polar surface area (TPSA) is 68.5 Å². The van der Waals surface area contributed by atoms with Gasteiger partial charge in [0.05, 0.1) is 18.7 Å². The van der Waals surface area contributed by atoms with Crippen LogP contribution in [0.25, 0.3) is 5.65 Å². The highest BCUT2D eigenvalue weighted by molar-refractivity contribution is 5.94. The first-order valence-electron chi connectivity index (χ1n) is 8.52. The number of nitrogens with zero attached hydrogens (tertiary/aromatic N) is 3. The molecule has 0 aliphatic carbocycles. The molecule has 0 saturated heterocycles. The summed E-state index contributed by atoms with van der Waals surface area (Å²) in [5.41, 5.74) is 3.27. The molecule has 3 aromatic heterocycles. The molecule has 6 nitrogen and oxygen atoms in total. The summed E-state index contributed by atoms with van der Waals surface area (Å²) in [7, 11) is 1.63. The Morgan fingerprint density at radius 1 is 1.00 bits per heavy atom. The van der Waals surface area contributed by atoms with Gasteiger partial charge in [0, 0.05) is 31.0 Å². The highest BCUT2D eigenvalue weighted by Gasteiger charge is 2.18. The maximum atomic E-state index is 12.9. The summed E-state index contributed by atoms with van der Waals surface area (Å²) in [4.78, 5) is 21.2. The summed E-state index contributed by atoms with van der Waals surface area (Å²) in [6.07, 6.45) is 8.73. The third-order valence-electron chi connectivity index (χ3n) is 4.41. The number of hydrogen-bond acceptors (Lipinski definition) is 4. The summed E-state index contributed by atoms with van der Waals surface area (Å²) < 4.78 is 7.06. The lowest BCUT2D eigenvalue weighted by Crippen LogP contribution is -2.29. The number of aromatic nitrogens is 3. The van der Waals surface area contributed by atoms with E-state index in [9.17, 15) is 4.79 Å². The van der Waals surface area contributed by atoms with Crippen LogP contribution in [-0.2, 0) is 0 Å². The molecular formula is C21H18N4O2. The van der Waals surface area contributed by atoms with Gasteiger partial charge >= 0.3 is 0 Å². The number of carbonyl (C=O) groups excluding carboxylic acids is 1. The molecule has 0 bridgehead atoms. The molecule has 0 aliphatic heterocycles. The van der Waals surface area contributed by atoms with Crippen molar-refractivity contribution in [1.82, 2.24) is 19.7 Å². The second-order valence-corrected chi connectivity index (χ2v) is 6.07. The van der Waals surface area contributed by atoms with Crippen LogP contribution in [0, 0.1) is 0 Å². The van der Waals surface area contributed by atoms with Crippen LogP contribution >= 0.6 is 0 Å². The Morgan fingerprint density at radius 2 is 1.74 bits per heavy atom. The standard InChI is InChI=1S/C21H18N4O2/c1-27-18-5-2-15(3-6-18)20(16-8-10-22-11-9-16)24-21(26)17-4-7-19-23-12-13-25(19)14-17/h2-14,20H,1H3,(H,24,26)/t20-/m0/s1. The molecule has 0 aliphatic rings. The Bertz CT molecular complexity index is 1060. The van der Waals surface area contributed by atoms with Crippen LogP contribution in [0.4, 0.5) is 0 Å². The van der Waals surface area contributed by atoms with Gasteiger partial charge in [-0.3, -0.25) is 9.78 Å². The third-order valence-corrected chi connectivity index (χ3v) is 4.41. The molecule has 0 spiro atoms. The van der Waals surface area contributed by atoms with Gasteiger partial charge in [0.25, 0.3) is 5.91 Å². The number of nitrogens with one attached hydrogen (secondary N) is 1. The molecular weight excluding hydrogens is 340 g/mol. The molecule has 0 fully saturated rings. The van der Waals surface area contributed by atoms with Gasteiger partial charge in [-0.15, -0.1) is 0 Å². The van der Waals surface area contributed by atoms with E-state index >= 15 is 0 Å². The smallest absolute Gasteiger partial charge is 0.253 e. The molecule has 134 valence electrons. The number of amides is 1. The van der Waals surface area contributed by atoms with Crippen LogP contribution in [0.15, 0.2) is 79.5 Å². The molecule has 4 rings (SSSR count). The maximum Gasteiger partial charge on any atom is 0.253 e. The van der Waals surface area contributed by atoms with Crippen molar-refractivity contribution < 1.29 is 9.53 Å². The molecule has 3 heterocycles. The van der Waals surface area contributed by atoms with Crippen molar-refractivity contribution in [1.29, 1.82) is 0 Å². The van der Waals surface area contributed by atoms with Crippen LogP contribution in [0.1, 0.15) is 27.5 Å². The Hall–Kier alpha value is -3.67. The van der Waals surface area contributed by atoms with E-state index in [0.717, 1.165) is 22.5 Å². The summed E-state index contributed by atoms with van der Waals surface area (Å²) >= 11 is 0. The first kappa shape index (κ1) is 16.8. The van der Waals surface area contributed by atoms with Crippen molar-refractivity contribution >= 4 is 11.6 Å². The number of pyridine rings is 2. The molecule has 1 N–H and O–H groups in total. The van der Waals surface area contributed by atoms with E-state index in [0.29, 0.717) is 5.56 Å². The Labute approximate surface area is 156 Å². The summed E-state index contributed by atoms with van der Waals surface area (Å²) in [6.45, 7) is 0. The largest absolute Gasteiger partial charge is 0.497 e. The minimum absolute atomic E-state index is 0.164. The second-order valence-electron chi connectivity index (χ2n) is 6.07. The molecule has 6 heteroatoms.